The number of azide groups is 1. The van der Waals surface area contributed by atoms with E-state index in [1.54, 1.807) is 0 Å². The van der Waals surface area contributed by atoms with Gasteiger partial charge in [0.05, 0.1) is 25.9 Å². The van der Waals surface area contributed by atoms with E-state index in [4.69, 9.17) is 24.5 Å². The van der Waals surface area contributed by atoms with Gasteiger partial charge in [-0.05, 0) is 16.7 Å². The van der Waals surface area contributed by atoms with Crippen LogP contribution in [0.1, 0.15) is 11.1 Å². The zero-order valence-electron chi connectivity index (χ0n) is 16.2. The highest BCUT2D eigenvalue weighted by atomic mass is 16.7. The Bertz CT molecular complexity index is 785. The number of aliphatic hydroxyl groups is 1. The Labute approximate surface area is 169 Å². The van der Waals surface area contributed by atoms with E-state index in [0.29, 0.717) is 13.2 Å². The first-order valence-electron chi connectivity index (χ1n) is 9.41. The molecule has 2 aromatic rings. The summed E-state index contributed by atoms with van der Waals surface area (Å²) in [6.07, 6.45) is -3.82. The molecule has 0 amide bonds. The second-order valence-corrected chi connectivity index (χ2v) is 6.71. The average molecular weight is 399 g/mol. The SMILES string of the molecule is CO[C@@H]1O[C@H]([C@@H](CN=[N+]=[N-])OCc2ccccc2)[C@H](OCc2ccccc2)[C@H]1O. The van der Waals surface area contributed by atoms with Crippen LogP contribution in [0.3, 0.4) is 0 Å². The van der Waals surface area contributed by atoms with Gasteiger partial charge in [-0.15, -0.1) is 0 Å². The molecule has 29 heavy (non-hydrogen) atoms. The molecule has 154 valence electrons. The largest absolute Gasteiger partial charge is 0.385 e. The van der Waals surface area contributed by atoms with Gasteiger partial charge in [-0.1, -0.05) is 65.8 Å². The highest BCUT2D eigenvalue weighted by molar-refractivity contribution is 5.14. The Morgan fingerprint density at radius 2 is 1.69 bits per heavy atom. The lowest BCUT2D eigenvalue weighted by molar-refractivity contribution is -0.170. The van der Waals surface area contributed by atoms with Crippen molar-refractivity contribution in [1.29, 1.82) is 0 Å². The monoisotopic (exact) mass is 399 g/mol. The minimum Gasteiger partial charge on any atom is -0.385 e. The van der Waals surface area contributed by atoms with Gasteiger partial charge in [0.1, 0.15) is 18.3 Å². The molecule has 1 aliphatic rings. The van der Waals surface area contributed by atoms with Crippen molar-refractivity contribution >= 4 is 0 Å². The smallest absolute Gasteiger partial charge is 0.186 e. The molecule has 8 nitrogen and oxygen atoms in total. The van der Waals surface area contributed by atoms with E-state index in [1.165, 1.54) is 7.11 Å². The van der Waals surface area contributed by atoms with Crippen LogP contribution in [0.4, 0.5) is 0 Å². The van der Waals surface area contributed by atoms with Crippen LogP contribution in [-0.4, -0.2) is 49.5 Å². The third kappa shape index (κ3) is 5.77. The maximum Gasteiger partial charge on any atom is 0.186 e. The highest BCUT2D eigenvalue weighted by Gasteiger charge is 2.48. The summed E-state index contributed by atoms with van der Waals surface area (Å²) in [5, 5.41) is 14.3. The quantitative estimate of drug-likeness (QED) is 0.375. The molecule has 3 rings (SSSR count). The van der Waals surface area contributed by atoms with Crippen LogP contribution in [0.2, 0.25) is 0 Å². The lowest BCUT2D eigenvalue weighted by Crippen LogP contribution is -2.43. The van der Waals surface area contributed by atoms with Gasteiger partial charge in [-0.2, -0.15) is 0 Å². The van der Waals surface area contributed by atoms with E-state index in [1.807, 2.05) is 60.7 Å². The zero-order chi connectivity index (χ0) is 20.5. The van der Waals surface area contributed by atoms with Gasteiger partial charge >= 0.3 is 0 Å². The zero-order valence-corrected chi connectivity index (χ0v) is 16.2. The van der Waals surface area contributed by atoms with E-state index in [0.717, 1.165) is 11.1 Å². The van der Waals surface area contributed by atoms with Crippen LogP contribution in [0.15, 0.2) is 65.8 Å². The Hall–Kier alpha value is -2.45. The van der Waals surface area contributed by atoms with Crippen molar-refractivity contribution in [3.8, 4) is 0 Å². The van der Waals surface area contributed by atoms with Crippen molar-refractivity contribution in [1.82, 2.24) is 0 Å². The van der Waals surface area contributed by atoms with Crippen molar-refractivity contribution in [3.63, 3.8) is 0 Å². The first-order valence-corrected chi connectivity index (χ1v) is 9.41. The van der Waals surface area contributed by atoms with Crippen molar-refractivity contribution in [2.75, 3.05) is 13.7 Å². The lowest BCUT2D eigenvalue weighted by Gasteiger charge is -2.27. The summed E-state index contributed by atoms with van der Waals surface area (Å²) < 4.78 is 23.1. The molecule has 0 bridgehead atoms. The molecule has 1 saturated heterocycles. The van der Waals surface area contributed by atoms with Gasteiger partial charge < -0.3 is 24.1 Å². The van der Waals surface area contributed by atoms with Gasteiger partial charge in [0, 0.05) is 12.0 Å². The molecule has 0 spiro atoms. The predicted octanol–water partition coefficient (Wildman–Crippen LogP) is 3.20. The first-order chi connectivity index (χ1) is 14.2. The fourth-order valence-electron chi connectivity index (χ4n) is 3.26. The van der Waals surface area contributed by atoms with Crippen LogP contribution in [0.5, 0.6) is 0 Å². The van der Waals surface area contributed by atoms with Crippen LogP contribution >= 0.6 is 0 Å². The number of hydrogen-bond acceptors (Lipinski definition) is 6. The van der Waals surface area contributed by atoms with Crippen molar-refractivity contribution in [3.05, 3.63) is 82.2 Å². The van der Waals surface area contributed by atoms with Gasteiger partial charge in [0.25, 0.3) is 0 Å². The fraction of sp³-hybridized carbons (Fsp3) is 0.429. The standard InChI is InChI=1S/C21H25N3O5/c1-26-21-18(25)20(28-14-16-10-6-3-7-11-16)19(29-21)17(12-23-24-22)27-13-15-8-4-2-5-9-15/h2-11,17-21,25H,12-14H2,1H3/t17-,18-,19-,20-,21-/m1/s1. The second kappa shape index (κ2) is 10.9. The highest BCUT2D eigenvalue weighted by Crippen LogP contribution is 2.29. The number of rotatable bonds is 10. The molecule has 8 heteroatoms. The van der Waals surface area contributed by atoms with Gasteiger partial charge in [0.15, 0.2) is 6.29 Å². The van der Waals surface area contributed by atoms with E-state index in [2.05, 4.69) is 10.0 Å². The molecule has 1 N–H and O–H groups in total. The van der Waals surface area contributed by atoms with Crippen LogP contribution in [-0.2, 0) is 32.2 Å². The fourth-order valence-corrected chi connectivity index (χ4v) is 3.26. The lowest BCUT2D eigenvalue weighted by atomic mass is 10.0. The molecule has 0 saturated carbocycles. The second-order valence-electron chi connectivity index (χ2n) is 6.71. The minimum atomic E-state index is -0.998. The van der Waals surface area contributed by atoms with Crippen LogP contribution in [0, 0.1) is 0 Å². The maximum absolute atomic E-state index is 10.6. The van der Waals surface area contributed by atoms with Crippen molar-refractivity contribution < 1.29 is 24.1 Å². The number of nitrogens with zero attached hydrogens (tertiary/aromatic N) is 3. The molecule has 2 aromatic carbocycles. The van der Waals surface area contributed by atoms with Crippen molar-refractivity contribution in [2.24, 2.45) is 5.11 Å². The molecule has 1 fully saturated rings. The van der Waals surface area contributed by atoms with E-state index in [-0.39, 0.29) is 6.54 Å². The Morgan fingerprint density at radius 3 is 2.28 bits per heavy atom. The summed E-state index contributed by atoms with van der Waals surface area (Å²) in [5.41, 5.74) is 10.7. The Morgan fingerprint density at radius 1 is 1.07 bits per heavy atom. The normalized spacial score (nSPS) is 24.8. The molecule has 1 heterocycles. The first kappa shape index (κ1) is 21.3. The summed E-state index contributed by atoms with van der Waals surface area (Å²) in [6.45, 7) is 0.652. The van der Waals surface area contributed by atoms with Gasteiger partial charge in [0.2, 0.25) is 0 Å². The average Bonchev–Trinajstić information content (AvgIpc) is 3.09. The molecule has 1 aliphatic heterocycles. The summed E-state index contributed by atoms with van der Waals surface area (Å²) in [4.78, 5) is 2.83. The Balaban J connectivity index is 1.73. The van der Waals surface area contributed by atoms with E-state index < -0.39 is 30.7 Å². The van der Waals surface area contributed by atoms with E-state index >= 15 is 0 Å². The van der Waals surface area contributed by atoms with Crippen LogP contribution < -0.4 is 0 Å². The summed E-state index contributed by atoms with van der Waals surface area (Å²) in [6, 6.07) is 19.3. The van der Waals surface area contributed by atoms with Gasteiger partial charge in [-0.25, -0.2) is 0 Å². The van der Waals surface area contributed by atoms with Gasteiger partial charge in [-0.3, -0.25) is 0 Å². The van der Waals surface area contributed by atoms with Crippen molar-refractivity contribution in [2.45, 2.75) is 43.9 Å². The summed E-state index contributed by atoms with van der Waals surface area (Å²) in [7, 11) is 1.46. The third-order valence-corrected chi connectivity index (χ3v) is 4.75. The van der Waals surface area contributed by atoms with Crippen LogP contribution in [0.25, 0.3) is 10.4 Å². The molecule has 0 aromatic heterocycles. The summed E-state index contributed by atoms with van der Waals surface area (Å²) >= 11 is 0. The number of methoxy groups -OCH3 is 1. The predicted molar refractivity (Wildman–Crippen MR) is 106 cm³/mol. The molecule has 0 unspecified atom stereocenters. The third-order valence-electron chi connectivity index (χ3n) is 4.75. The van der Waals surface area contributed by atoms with E-state index in [9.17, 15) is 5.11 Å². The number of benzene rings is 2. The Kier molecular flexibility index (Phi) is 8.01. The number of ether oxygens (including phenoxy) is 4. The molecular weight excluding hydrogens is 374 g/mol. The number of hydrogen-bond donors (Lipinski definition) is 1. The summed E-state index contributed by atoms with van der Waals surface area (Å²) in [5.74, 6) is 0. The molecular formula is C21H25N3O5. The minimum absolute atomic E-state index is 0.0440. The molecule has 5 atom stereocenters. The molecule has 0 aliphatic carbocycles. The molecule has 0 radical (unpaired) electrons. The maximum atomic E-state index is 10.6. The topological polar surface area (TPSA) is 106 Å². The number of aliphatic hydroxyl groups excluding tert-OH is 1.